The molecule has 1 aromatic carbocycles. The van der Waals surface area contributed by atoms with Crippen molar-refractivity contribution in [1.82, 2.24) is 15.8 Å². The molecule has 150 valence electrons. The monoisotopic (exact) mass is 485 g/mol. The van der Waals surface area contributed by atoms with E-state index in [1.54, 1.807) is 0 Å². The number of aromatic nitrogens is 1. The summed E-state index contributed by atoms with van der Waals surface area (Å²) in [5, 5.41) is 2.50. The highest BCUT2D eigenvalue weighted by Gasteiger charge is 2.12. The Balaban J connectivity index is 1.67. The number of benzene rings is 1. The average molecular weight is 486 g/mol. The maximum Gasteiger partial charge on any atom is 0.316 e. The normalized spacial score (nSPS) is 10.4. The highest BCUT2D eigenvalue weighted by Crippen LogP contribution is 2.28. The number of amides is 2. The molecular weight excluding hydrogens is 466 g/mol. The molecular formula is C18H20BrN3O4S2. The van der Waals surface area contributed by atoms with Crippen LogP contribution in [0, 0.1) is 20.8 Å². The lowest BCUT2D eigenvalue weighted by Crippen LogP contribution is -2.44. The SMILES string of the molecule is Cc1csc(CC(=O)NNC(=O)COC(=O)CSc2cc(C)c(Br)cc2C)n1. The number of nitrogens with one attached hydrogen (secondary N) is 2. The quantitative estimate of drug-likeness (QED) is 0.355. The topological polar surface area (TPSA) is 97.4 Å². The van der Waals surface area contributed by atoms with Gasteiger partial charge in [-0.2, -0.15) is 0 Å². The van der Waals surface area contributed by atoms with E-state index < -0.39 is 24.4 Å². The molecule has 2 rings (SSSR count). The number of aryl methyl sites for hydroxylation is 3. The molecule has 0 fully saturated rings. The largest absolute Gasteiger partial charge is 0.455 e. The van der Waals surface area contributed by atoms with Crippen LogP contribution in [0.1, 0.15) is 21.8 Å². The highest BCUT2D eigenvalue weighted by molar-refractivity contribution is 9.10. The van der Waals surface area contributed by atoms with E-state index in [4.69, 9.17) is 4.74 Å². The van der Waals surface area contributed by atoms with E-state index in [-0.39, 0.29) is 12.2 Å². The summed E-state index contributed by atoms with van der Waals surface area (Å²) in [6, 6.07) is 3.98. The summed E-state index contributed by atoms with van der Waals surface area (Å²) in [7, 11) is 0. The van der Waals surface area contributed by atoms with Crippen LogP contribution in [0.5, 0.6) is 0 Å². The Bertz CT molecular complexity index is 886. The Kier molecular flexibility index (Phi) is 8.46. The Morgan fingerprint density at radius 1 is 1.14 bits per heavy atom. The van der Waals surface area contributed by atoms with E-state index in [1.807, 2.05) is 38.3 Å². The Morgan fingerprint density at radius 2 is 1.86 bits per heavy atom. The van der Waals surface area contributed by atoms with Gasteiger partial charge in [0.25, 0.3) is 5.91 Å². The predicted octanol–water partition coefficient (Wildman–Crippen LogP) is 2.86. The number of esters is 1. The van der Waals surface area contributed by atoms with Crippen molar-refractivity contribution in [3.8, 4) is 0 Å². The molecule has 2 N–H and O–H groups in total. The molecule has 0 spiro atoms. The van der Waals surface area contributed by atoms with E-state index in [2.05, 4.69) is 31.8 Å². The van der Waals surface area contributed by atoms with Gasteiger partial charge in [0.15, 0.2) is 6.61 Å². The molecule has 0 saturated heterocycles. The summed E-state index contributed by atoms with van der Waals surface area (Å²) < 4.78 is 5.95. The van der Waals surface area contributed by atoms with Gasteiger partial charge in [-0.3, -0.25) is 25.2 Å². The van der Waals surface area contributed by atoms with Crippen LogP contribution in [0.15, 0.2) is 26.9 Å². The number of hydrogen-bond donors (Lipinski definition) is 2. The average Bonchev–Trinajstić information content (AvgIpc) is 3.04. The molecule has 0 bridgehead atoms. The molecule has 2 amide bonds. The van der Waals surface area contributed by atoms with Crippen LogP contribution in [0.25, 0.3) is 0 Å². The molecule has 1 heterocycles. The molecule has 28 heavy (non-hydrogen) atoms. The first-order valence-corrected chi connectivity index (χ1v) is 10.9. The number of hydrazine groups is 1. The lowest BCUT2D eigenvalue weighted by molar-refractivity contribution is -0.146. The molecule has 0 aliphatic carbocycles. The van der Waals surface area contributed by atoms with Crippen LogP contribution in [-0.2, 0) is 25.5 Å². The van der Waals surface area contributed by atoms with Crippen LogP contribution in [0.4, 0.5) is 0 Å². The summed E-state index contributed by atoms with van der Waals surface area (Å²) in [5.74, 6) is -1.43. The van der Waals surface area contributed by atoms with Crippen LogP contribution in [0.3, 0.4) is 0 Å². The standard InChI is InChI=1S/C18H20BrN3O4S2/c1-10-5-14(11(2)4-13(10)19)27-9-18(25)26-7-16(24)22-21-15(23)6-17-20-12(3)8-28-17/h4-5,8H,6-7,9H2,1-3H3,(H,21,23)(H,22,24). The number of carbonyl (C=O) groups excluding carboxylic acids is 3. The maximum absolute atomic E-state index is 11.8. The molecule has 7 nitrogen and oxygen atoms in total. The molecule has 0 atom stereocenters. The zero-order valence-electron chi connectivity index (χ0n) is 15.6. The van der Waals surface area contributed by atoms with Gasteiger partial charge in [0.1, 0.15) is 5.01 Å². The van der Waals surface area contributed by atoms with Gasteiger partial charge < -0.3 is 4.74 Å². The number of thioether (sulfide) groups is 1. The van der Waals surface area contributed by atoms with Crippen molar-refractivity contribution in [3.63, 3.8) is 0 Å². The van der Waals surface area contributed by atoms with Crippen molar-refractivity contribution >= 4 is 56.8 Å². The predicted molar refractivity (Wildman–Crippen MR) is 112 cm³/mol. The second-order valence-corrected chi connectivity index (χ2v) is 8.79. The number of carbonyl (C=O) groups is 3. The molecule has 0 saturated carbocycles. The first-order chi connectivity index (χ1) is 13.2. The Morgan fingerprint density at radius 3 is 2.54 bits per heavy atom. The summed E-state index contributed by atoms with van der Waals surface area (Å²) in [4.78, 5) is 40.4. The molecule has 0 aliphatic heterocycles. The van der Waals surface area contributed by atoms with Crippen LogP contribution < -0.4 is 10.9 Å². The lowest BCUT2D eigenvalue weighted by atomic mass is 10.2. The van der Waals surface area contributed by atoms with Gasteiger partial charge in [-0.05, 0) is 44.0 Å². The molecule has 0 aliphatic rings. The number of ether oxygens (including phenoxy) is 1. The fraction of sp³-hybridized carbons (Fsp3) is 0.333. The second-order valence-electron chi connectivity index (χ2n) is 5.97. The molecule has 0 radical (unpaired) electrons. The number of nitrogens with zero attached hydrogens (tertiary/aromatic N) is 1. The van der Waals surface area contributed by atoms with E-state index in [9.17, 15) is 14.4 Å². The number of halogens is 1. The molecule has 0 unspecified atom stereocenters. The fourth-order valence-corrected chi connectivity index (χ4v) is 4.21. The summed E-state index contributed by atoms with van der Waals surface area (Å²) in [6.07, 6.45) is 0.0706. The van der Waals surface area contributed by atoms with E-state index >= 15 is 0 Å². The van der Waals surface area contributed by atoms with Gasteiger partial charge in [-0.1, -0.05) is 15.9 Å². The second kappa shape index (κ2) is 10.6. The Labute approximate surface area is 179 Å². The first kappa shape index (κ1) is 22.4. The third-order valence-electron chi connectivity index (χ3n) is 3.49. The lowest BCUT2D eigenvalue weighted by Gasteiger charge is -2.09. The first-order valence-electron chi connectivity index (χ1n) is 8.28. The van der Waals surface area contributed by atoms with Crippen LogP contribution >= 0.6 is 39.0 Å². The van der Waals surface area contributed by atoms with Crippen molar-refractivity contribution < 1.29 is 19.1 Å². The molecule has 10 heteroatoms. The van der Waals surface area contributed by atoms with E-state index in [1.165, 1.54) is 23.1 Å². The molecule has 2 aromatic rings. The van der Waals surface area contributed by atoms with E-state index in [0.29, 0.717) is 5.01 Å². The maximum atomic E-state index is 11.8. The van der Waals surface area contributed by atoms with Crippen molar-refractivity contribution in [2.75, 3.05) is 12.4 Å². The van der Waals surface area contributed by atoms with Crippen molar-refractivity contribution in [2.24, 2.45) is 0 Å². The van der Waals surface area contributed by atoms with Gasteiger partial charge >= 0.3 is 5.97 Å². The Hall–Kier alpha value is -1.91. The zero-order chi connectivity index (χ0) is 20.7. The molecule has 1 aromatic heterocycles. The van der Waals surface area contributed by atoms with Gasteiger partial charge in [-0.15, -0.1) is 23.1 Å². The third-order valence-corrected chi connectivity index (χ3v) is 6.44. The van der Waals surface area contributed by atoms with Crippen molar-refractivity contribution in [1.29, 1.82) is 0 Å². The minimum Gasteiger partial charge on any atom is -0.455 e. The van der Waals surface area contributed by atoms with Gasteiger partial charge in [0.05, 0.1) is 12.2 Å². The van der Waals surface area contributed by atoms with Gasteiger partial charge in [0.2, 0.25) is 5.91 Å². The fourth-order valence-electron chi connectivity index (χ4n) is 2.08. The minimum absolute atomic E-state index is 0.0706. The number of thiazole rings is 1. The summed E-state index contributed by atoms with van der Waals surface area (Å²) >= 11 is 6.19. The number of rotatable bonds is 7. The van der Waals surface area contributed by atoms with Gasteiger partial charge in [0, 0.05) is 20.4 Å². The summed E-state index contributed by atoms with van der Waals surface area (Å²) in [5.41, 5.74) is 7.44. The van der Waals surface area contributed by atoms with Crippen molar-refractivity contribution in [2.45, 2.75) is 32.1 Å². The summed E-state index contributed by atoms with van der Waals surface area (Å²) in [6.45, 7) is 5.31. The smallest absolute Gasteiger partial charge is 0.316 e. The van der Waals surface area contributed by atoms with Gasteiger partial charge in [-0.25, -0.2) is 4.98 Å². The minimum atomic E-state index is -0.613. The van der Waals surface area contributed by atoms with Crippen LogP contribution in [0.2, 0.25) is 0 Å². The van der Waals surface area contributed by atoms with Crippen LogP contribution in [-0.4, -0.2) is 35.1 Å². The van der Waals surface area contributed by atoms with E-state index in [0.717, 1.165) is 26.2 Å². The highest BCUT2D eigenvalue weighted by atomic mass is 79.9. The third kappa shape index (κ3) is 7.25. The number of hydrogen-bond acceptors (Lipinski definition) is 7. The zero-order valence-corrected chi connectivity index (χ0v) is 18.8. The van der Waals surface area contributed by atoms with Crippen molar-refractivity contribution in [3.05, 3.63) is 43.8 Å².